The lowest BCUT2D eigenvalue weighted by Crippen LogP contribution is -2.60. The van der Waals surface area contributed by atoms with E-state index < -0.39 is 34.5 Å². The first-order valence-electron chi connectivity index (χ1n) is 11.4. The van der Waals surface area contributed by atoms with Crippen molar-refractivity contribution in [2.24, 2.45) is 0 Å². The normalized spacial score (nSPS) is 16.8. The van der Waals surface area contributed by atoms with Gasteiger partial charge in [0.25, 0.3) is 0 Å². The number of aliphatic hydroxyl groups is 2. The molecule has 1 aliphatic rings. The van der Waals surface area contributed by atoms with Gasteiger partial charge in [0.15, 0.2) is 5.82 Å². The molecule has 35 heavy (non-hydrogen) atoms. The Morgan fingerprint density at radius 3 is 2.40 bits per heavy atom. The lowest BCUT2D eigenvalue weighted by atomic mass is 9.91. The van der Waals surface area contributed by atoms with Gasteiger partial charge in [0.05, 0.1) is 39.8 Å². The lowest BCUT2D eigenvalue weighted by Gasteiger charge is -2.46. The van der Waals surface area contributed by atoms with Gasteiger partial charge in [0.1, 0.15) is 11.4 Å². The van der Waals surface area contributed by atoms with Gasteiger partial charge in [-0.05, 0) is 53.7 Å². The minimum absolute atomic E-state index is 0.000958. The Labute approximate surface area is 202 Å². The molecule has 1 fully saturated rings. The number of anilines is 2. The Kier molecular flexibility index (Phi) is 5.96. The molecule has 3 aromatic rings. The molecule has 1 aromatic carbocycles. The van der Waals surface area contributed by atoms with Crippen LogP contribution in [0.2, 0.25) is 0 Å². The smallest absolute Gasteiger partial charge is 0.303 e. The summed E-state index contributed by atoms with van der Waals surface area (Å²) in [7, 11) is 0. The molecule has 4 rings (SSSR count). The summed E-state index contributed by atoms with van der Waals surface area (Å²) in [6, 6.07) is 4.88. The summed E-state index contributed by atoms with van der Waals surface area (Å²) in [6.07, 6.45) is 0. The highest BCUT2D eigenvalue weighted by atomic mass is 19.3. The van der Waals surface area contributed by atoms with E-state index in [1.807, 2.05) is 17.9 Å². The number of benzene rings is 1. The molecule has 1 atom stereocenters. The number of aromatic nitrogens is 3. The second-order valence-electron chi connectivity index (χ2n) is 10.2. The highest BCUT2D eigenvalue weighted by Crippen LogP contribution is 2.41. The molecule has 3 heterocycles. The van der Waals surface area contributed by atoms with Gasteiger partial charge >= 0.3 is 5.92 Å². The maximum atomic E-state index is 15.3. The number of nitrogens with one attached hydrogen (secondary N) is 1. The van der Waals surface area contributed by atoms with Crippen LogP contribution < -0.4 is 10.2 Å². The molecule has 0 spiro atoms. The van der Waals surface area contributed by atoms with Gasteiger partial charge in [-0.2, -0.15) is 13.9 Å². The first-order chi connectivity index (χ1) is 16.1. The zero-order valence-corrected chi connectivity index (χ0v) is 20.6. The van der Waals surface area contributed by atoms with Crippen LogP contribution in [0, 0.1) is 19.7 Å². The molecule has 1 aliphatic heterocycles. The third kappa shape index (κ3) is 4.40. The molecule has 188 valence electrons. The Bertz CT molecular complexity index is 1280. The lowest BCUT2D eigenvalue weighted by molar-refractivity contribution is -0.170. The molecule has 10 heteroatoms. The third-order valence-corrected chi connectivity index (χ3v) is 6.44. The largest absolute Gasteiger partial charge is 0.386 e. The number of aryl methyl sites for hydroxylation is 2. The molecular weight excluding hydrogens is 459 g/mol. The summed E-state index contributed by atoms with van der Waals surface area (Å²) in [5.41, 5.74) is -1.24. The van der Waals surface area contributed by atoms with E-state index in [1.54, 1.807) is 20.8 Å². The Hall–Kier alpha value is -2.98. The number of hydrogen-bond acceptors (Lipinski definition) is 7. The molecule has 0 aliphatic carbocycles. The van der Waals surface area contributed by atoms with Crippen molar-refractivity contribution in [3.05, 3.63) is 52.6 Å². The summed E-state index contributed by atoms with van der Waals surface area (Å²) in [6.45, 7) is 9.87. The van der Waals surface area contributed by atoms with Crippen molar-refractivity contribution in [3.8, 4) is 0 Å². The Morgan fingerprint density at radius 2 is 1.80 bits per heavy atom. The topological polar surface area (TPSA) is 94.4 Å². The van der Waals surface area contributed by atoms with Crippen LogP contribution in [0.25, 0.3) is 10.9 Å². The minimum atomic E-state index is -3.79. The summed E-state index contributed by atoms with van der Waals surface area (Å²) < 4.78 is 44.7. The average Bonchev–Trinajstić information content (AvgIpc) is 2.73. The van der Waals surface area contributed by atoms with Crippen molar-refractivity contribution in [1.29, 1.82) is 0 Å². The van der Waals surface area contributed by atoms with Crippen molar-refractivity contribution in [2.75, 3.05) is 23.3 Å². The van der Waals surface area contributed by atoms with Crippen LogP contribution in [0.5, 0.6) is 0 Å². The van der Waals surface area contributed by atoms with Crippen LogP contribution in [0.3, 0.4) is 0 Å². The number of β-amino-alcohol motifs (C(OH)–C–C–N with tert-alkyl or cyclic N) is 1. The number of rotatable bonds is 6. The second kappa shape index (κ2) is 8.30. The standard InChI is InChI=1S/C25H30F3N5O2/c1-13(16-8-7-9-18(20(16)26)25(27,28)23(4,5)34)30-22-17-10-19(33-11-24(6,35)12-33)14(2)29-21(17)15(3)31-32-22/h7-10,13,34-35H,11-12H2,1-6H3,(H,30,32)/t13-/m1/s1. The van der Waals surface area contributed by atoms with E-state index >= 15 is 4.39 Å². The molecule has 0 amide bonds. The number of halogens is 3. The number of alkyl halides is 2. The summed E-state index contributed by atoms with van der Waals surface area (Å²) in [5, 5.41) is 32.2. The fraction of sp³-hybridized carbons (Fsp3) is 0.480. The van der Waals surface area contributed by atoms with Crippen LogP contribution in [-0.2, 0) is 5.92 Å². The zero-order chi connectivity index (χ0) is 25.9. The van der Waals surface area contributed by atoms with Gasteiger partial charge < -0.3 is 20.4 Å². The number of fused-ring (bicyclic) bond motifs is 1. The maximum Gasteiger partial charge on any atom is 0.303 e. The van der Waals surface area contributed by atoms with E-state index in [0.29, 0.717) is 35.5 Å². The van der Waals surface area contributed by atoms with E-state index in [2.05, 4.69) is 15.5 Å². The van der Waals surface area contributed by atoms with Gasteiger partial charge in [-0.25, -0.2) is 9.37 Å². The molecule has 0 saturated carbocycles. The SMILES string of the molecule is Cc1nc2c(C)nnc(N[C@H](C)c3cccc(C(F)(F)C(C)(C)O)c3F)c2cc1N1CC(C)(O)C1. The van der Waals surface area contributed by atoms with Crippen LogP contribution >= 0.6 is 0 Å². The highest BCUT2D eigenvalue weighted by molar-refractivity contribution is 5.93. The molecule has 7 nitrogen and oxygen atoms in total. The monoisotopic (exact) mass is 489 g/mol. The van der Waals surface area contributed by atoms with E-state index in [-0.39, 0.29) is 5.56 Å². The average molecular weight is 490 g/mol. The fourth-order valence-electron chi connectivity index (χ4n) is 4.39. The Morgan fingerprint density at radius 1 is 1.14 bits per heavy atom. The van der Waals surface area contributed by atoms with Crippen LogP contribution in [0.15, 0.2) is 24.3 Å². The van der Waals surface area contributed by atoms with Gasteiger partial charge in [0, 0.05) is 24.0 Å². The van der Waals surface area contributed by atoms with Gasteiger partial charge in [-0.15, -0.1) is 5.10 Å². The third-order valence-electron chi connectivity index (χ3n) is 6.44. The van der Waals surface area contributed by atoms with E-state index in [9.17, 15) is 19.0 Å². The first kappa shape index (κ1) is 25.1. The number of nitrogens with zero attached hydrogens (tertiary/aromatic N) is 4. The minimum Gasteiger partial charge on any atom is -0.386 e. The van der Waals surface area contributed by atoms with E-state index in [4.69, 9.17) is 4.98 Å². The number of pyridine rings is 1. The van der Waals surface area contributed by atoms with E-state index in [0.717, 1.165) is 31.3 Å². The molecule has 1 saturated heterocycles. The van der Waals surface area contributed by atoms with Gasteiger partial charge in [-0.3, -0.25) is 0 Å². The Balaban J connectivity index is 1.72. The molecule has 0 bridgehead atoms. The summed E-state index contributed by atoms with van der Waals surface area (Å²) in [4.78, 5) is 6.70. The molecule has 3 N–H and O–H groups in total. The zero-order valence-electron chi connectivity index (χ0n) is 20.6. The molecule has 0 radical (unpaired) electrons. The predicted octanol–water partition coefficient (Wildman–Crippen LogP) is 4.39. The predicted molar refractivity (Wildman–Crippen MR) is 128 cm³/mol. The summed E-state index contributed by atoms with van der Waals surface area (Å²) in [5.74, 6) is -4.56. The van der Waals surface area contributed by atoms with Crippen LogP contribution in [0.4, 0.5) is 24.7 Å². The highest BCUT2D eigenvalue weighted by Gasteiger charge is 2.49. The van der Waals surface area contributed by atoms with Crippen LogP contribution in [0.1, 0.15) is 56.3 Å². The van der Waals surface area contributed by atoms with Crippen LogP contribution in [-0.4, -0.2) is 49.7 Å². The van der Waals surface area contributed by atoms with Crippen molar-refractivity contribution in [3.63, 3.8) is 0 Å². The first-order valence-corrected chi connectivity index (χ1v) is 11.4. The second-order valence-corrected chi connectivity index (χ2v) is 10.2. The molecule has 2 aromatic heterocycles. The van der Waals surface area contributed by atoms with Crippen molar-refractivity contribution < 1.29 is 23.4 Å². The van der Waals surface area contributed by atoms with Gasteiger partial charge in [0.2, 0.25) is 0 Å². The number of hydrogen-bond donors (Lipinski definition) is 3. The van der Waals surface area contributed by atoms with Crippen molar-refractivity contribution in [2.45, 2.75) is 64.7 Å². The molecular formula is C25H30F3N5O2. The van der Waals surface area contributed by atoms with Gasteiger partial charge in [-0.1, -0.05) is 12.1 Å². The summed E-state index contributed by atoms with van der Waals surface area (Å²) >= 11 is 0. The maximum absolute atomic E-state index is 15.3. The van der Waals surface area contributed by atoms with Crippen molar-refractivity contribution in [1.82, 2.24) is 15.2 Å². The molecule has 0 unspecified atom stereocenters. The fourth-order valence-corrected chi connectivity index (χ4v) is 4.39. The quantitative estimate of drug-likeness (QED) is 0.473. The van der Waals surface area contributed by atoms with Crippen molar-refractivity contribution >= 4 is 22.4 Å². The van der Waals surface area contributed by atoms with E-state index in [1.165, 1.54) is 12.1 Å².